The first kappa shape index (κ1) is 12.2. The number of nitrogens with zero attached hydrogens (tertiary/aromatic N) is 2. The molecule has 0 saturated heterocycles. The number of ketones is 1. The van der Waals surface area contributed by atoms with Crippen LogP contribution < -0.4 is 0 Å². The molecule has 0 saturated carbocycles. The van der Waals surface area contributed by atoms with E-state index in [0.29, 0.717) is 5.52 Å². The third-order valence-corrected chi connectivity index (χ3v) is 3.07. The van der Waals surface area contributed by atoms with Crippen molar-refractivity contribution >= 4 is 22.4 Å². The van der Waals surface area contributed by atoms with E-state index in [2.05, 4.69) is 0 Å². The predicted octanol–water partition coefficient (Wildman–Crippen LogP) is 3.03. The minimum atomic E-state index is -0.448. The first-order valence-electron chi connectivity index (χ1n) is 5.96. The van der Waals surface area contributed by atoms with E-state index in [0.717, 1.165) is 5.39 Å². The number of para-hydroxylation sites is 1. The summed E-state index contributed by atoms with van der Waals surface area (Å²) in [6.45, 7) is 0.00185. The number of aromatic nitrogens is 1. The molecule has 2 heterocycles. The highest BCUT2D eigenvalue weighted by Crippen LogP contribution is 2.26. The number of furan rings is 1. The minimum Gasteiger partial charge on any atom is -0.461 e. The molecule has 0 aliphatic rings. The maximum atomic E-state index is 12.0. The molecule has 0 spiro atoms. The summed E-state index contributed by atoms with van der Waals surface area (Å²) in [5.41, 5.74) is 0.428. The van der Waals surface area contributed by atoms with Gasteiger partial charge in [0.05, 0.1) is 17.7 Å². The van der Waals surface area contributed by atoms with Crippen LogP contribution in [0.2, 0.25) is 0 Å². The molecule has 0 amide bonds. The maximum Gasteiger partial charge on any atom is 0.293 e. The summed E-state index contributed by atoms with van der Waals surface area (Å²) in [7, 11) is 0. The number of hydrogen-bond acceptors (Lipinski definition) is 4. The van der Waals surface area contributed by atoms with Crippen molar-refractivity contribution in [3.63, 3.8) is 0 Å². The van der Waals surface area contributed by atoms with Crippen LogP contribution in [-0.4, -0.2) is 15.3 Å². The number of carbonyl (C=O) groups is 1. The number of Topliss-reactive ketones (excluding diaryl/α,β-unsaturated/α-hetero) is 1. The second-order valence-electron chi connectivity index (χ2n) is 4.32. The Balaban J connectivity index is 2.04. The number of carbonyl (C=O) groups excluding carboxylic acids is 1. The van der Waals surface area contributed by atoms with Crippen molar-refractivity contribution in [3.05, 3.63) is 64.7 Å². The molecule has 20 heavy (non-hydrogen) atoms. The SMILES string of the molecule is O=C(Cn1ccc2cccc([N+](=O)[O-])c21)c1ccco1. The number of nitro groups is 1. The van der Waals surface area contributed by atoms with Crippen LogP contribution in [0.4, 0.5) is 5.69 Å². The predicted molar refractivity (Wildman–Crippen MR) is 71.6 cm³/mol. The van der Waals surface area contributed by atoms with E-state index < -0.39 is 4.92 Å². The molecule has 3 rings (SSSR count). The van der Waals surface area contributed by atoms with Crippen LogP contribution in [0.3, 0.4) is 0 Å². The fourth-order valence-corrected chi connectivity index (χ4v) is 2.19. The Kier molecular flexibility index (Phi) is 2.83. The van der Waals surface area contributed by atoms with Crippen LogP contribution in [0.25, 0.3) is 10.9 Å². The fourth-order valence-electron chi connectivity index (χ4n) is 2.19. The van der Waals surface area contributed by atoms with Gasteiger partial charge in [-0.2, -0.15) is 0 Å². The van der Waals surface area contributed by atoms with Crippen molar-refractivity contribution < 1.29 is 14.1 Å². The van der Waals surface area contributed by atoms with Gasteiger partial charge in [-0.05, 0) is 18.2 Å². The van der Waals surface area contributed by atoms with Crippen LogP contribution in [0.5, 0.6) is 0 Å². The zero-order valence-corrected chi connectivity index (χ0v) is 10.4. The van der Waals surface area contributed by atoms with Gasteiger partial charge in [-0.15, -0.1) is 0 Å². The van der Waals surface area contributed by atoms with Gasteiger partial charge in [0.25, 0.3) is 5.69 Å². The standard InChI is InChI=1S/C14H10N2O4/c17-12(13-5-2-8-20-13)9-15-7-6-10-3-1-4-11(14(10)15)16(18)19/h1-8H,9H2. The van der Waals surface area contributed by atoms with Crippen molar-refractivity contribution in [1.82, 2.24) is 4.57 Å². The fraction of sp³-hybridized carbons (Fsp3) is 0.0714. The lowest BCUT2D eigenvalue weighted by Gasteiger charge is -2.03. The molecule has 0 unspecified atom stereocenters. The van der Waals surface area contributed by atoms with Gasteiger partial charge >= 0.3 is 0 Å². The highest BCUT2D eigenvalue weighted by Gasteiger charge is 2.18. The Morgan fingerprint density at radius 3 is 2.80 bits per heavy atom. The monoisotopic (exact) mass is 270 g/mol. The van der Waals surface area contributed by atoms with Gasteiger partial charge in [-0.25, -0.2) is 0 Å². The van der Waals surface area contributed by atoms with E-state index in [1.165, 1.54) is 12.3 Å². The largest absolute Gasteiger partial charge is 0.461 e. The zero-order valence-electron chi connectivity index (χ0n) is 10.4. The number of rotatable bonds is 4. The smallest absolute Gasteiger partial charge is 0.293 e. The Hall–Kier alpha value is -2.89. The number of nitro benzene ring substituents is 1. The van der Waals surface area contributed by atoms with Gasteiger partial charge in [-0.3, -0.25) is 14.9 Å². The van der Waals surface area contributed by atoms with Crippen LogP contribution in [0.1, 0.15) is 10.6 Å². The molecule has 100 valence electrons. The third-order valence-electron chi connectivity index (χ3n) is 3.07. The van der Waals surface area contributed by atoms with Crippen LogP contribution >= 0.6 is 0 Å². The normalized spacial score (nSPS) is 10.8. The first-order valence-corrected chi connectivity index (χ1v) is 5.96. The highest BCUT2D eigenvalue weighted by molar-refractivity contribution is 5.95. The van der Waals surface area contributed by atoms with Crippen molar-refractivity contribution in [3.8, 4) is 0 Å². The molecule has 0 bridgehead atoms. The van der Waals surface area contributed by atoms with Gasteiger partial charge < -0.3 is 8.98 Å². The molecular formula is C14H10N2O4. The molecule has 6 nitrogen and oxygen atoms in total. The first-order chi connectivity index (χ1) is 9.66. The summed E-state index contributed by atoms with van der Waals surface area (Å²) < 4.78 is 6.60. The molecule has 1 aromatic carbocycles. The van der Waals surface area contributed by atoms with Gasteiger partial charge in [0.1, 0.15) is 5.52 Å². The lowest BCUT2D eigenvalue weighted by Crippen LogP contribution is -2.09. The molecule has 0 atom stereocenters. The molecule has 0 aliphatic heterocycles. The number of hydrogen-bond donors (Lipinski definition) is 0. The Bertz CT molecular complexity index is 787. The summed E-state index contributed by atoms with van der Waals surface area (Å²) in [6.07, 6.45) is 3.09. The van der Waals surface area contributed by atoms with E-state index in [4.69, 9.17) is 4.42 Å². The Labute approximate surface area is 113 Å². The number of non-ortho nitro benzene ring substituents is 1. The van der Waals surface area contributed by atoms with Gasteiger partial charge in [0.15, 0.2) is 5.76 Å². The molecule has 0 radical (unpaired) electrons. The molecule has 0 fully saturated rings. The van der Waals surface area contributed by atoms with Crippen molar-refractivity contribution in [2.45, 2.75) is 6.54 Å². The molecular weight excluding hydrogens is 260 g/mol. The molecule has 6 heteroatoms. The second-order valence-corrected chi connectivity index (χ2v) is 4.32. The summed E-state index contributed by atoms with van der Waals surface area (Å²) in [5, 5.41) is 11.8. The lowest BCUT2D eigenvalue weighted by molar-refractivity contribution is -0.383. The van der Waals surface area contributed by atoms with Crippen molar-refractivity contribution in [2.24, 2.45) is 0 Å². The van der Waals surface area contributed by atoms with Gasteiger partial charge in [-0.1, -0.05) is 12.1 Å². The molecule has 0 N–H and O–H groups in total. The van der Waals surface area contributed by atoms with Crippen LogP contribution in [0, 0.1) is 10.1 Å². The summed E-state index contributed by atoms with van der Waals surface area (Å²) in [6, 6.07) is 9.77. The Morgan fingerprint density at radius 2 is 2.10 bits per heavy atom. The van der Waals surface area contributed by atoms with E-state index in [-0.39, 0.29) is 23.8 Å². The quantitative estimate of drug-likeness (QED) is 0.414. The van der Waals surface area contributed by atoms with Crippen LogP contribution in [0.15, 0.2) is 53.3 Å². The average molecular weight is 270 g/mol. The highest BCUT2D eigenvalue weighted by atomic mass is 16.6. The van der Waals surface area contributed by atoms with E-state index in [1.54, 1.807) is 41.1 Å². The Morgan fingerprint density at radius 1 is 1.25 bits per heavy atom. The van der Waals surface area contributed by atoms with Gasteiger partial charge in [0, 0.05) is 17.6 Å². The maximum absolute atomic E-state index is 12.0. The van der Waals surface area contributed by atoms with E-state index in [9.17, 15) is 14.9 Å². The van der Waals surface area contributed by atoms with E-state index in [1.807, 2.05) is 0 Å². The minimum absolute atomic E-state index is 0.00185. The summed E-state index contributed by atoms with van der Waals surface area (Å²) >= 11 is 0. The number of benzene rings is 1. The molecule has 0 aliphatic carbocycles. The van der Waals surface area contributed by atoms with Gasteiger partial charge in [0.2, 0.25) is 5.78 Å². The third kappa shape index (κ3) is 1.97. The lowest BCUT2D eigenvalue weighted by atomic mass is 10.2. The molecule has 3 aromatic rings. The summed E-state index contributed by atoms with van der Waals surface area (Å²) in [5.74, 6) is 0.0103. The number of fused-ring (bicyclic) bond motifs is 1. The second kappa shape index (κ2) is 4.65. The average Bonchev–Trinajstić information content (AvgIpc) is 3.08. The van der Waals surface area contributed by atoms with E-state index >= 15 is 0 Å². The van der Waals surface area contributed by atoms with Crippen molar-refractivity contribution in [1.29, 1.82) is 0 Å². The zero-order chi connectivity index (χ0) is 14.1. The molecule has 2 aromatic heterocycles. The van der Waals surface area contributed by atoms with Crippen molar-refractivity contribution in [2.75, 3.05) is 0 Å². The summed E-state index contributed by atoms with van der Waals surface area (Å²) in [4.78, 5) is 22.6. The van der Waals surface area contributed by atoms with Crippen LogP contribution in [-0.2, 0) is 6.54 Å². The topological polar surface area (TPSA) is 78.3 Å².